The molecule has 10 heteroatoms. The molecule has 3 rings (SSSR count). The van der Waals surface area contributed by atoms with Crippen LogP contribution in [0.15, 0.2) is 12.1 Å². The largest absolute Gasteiger partial charge is 0.495 e. The normalized spacial score (nSPS) is 11.0. The van der Waals surface area contributed by atoms with Gasteiger partial charge in [-0.25, -0.2) is 0 Å². The number of amides is 1. The zero-order valence-corrected chi connectivity index (χ0v) is 14.7. The number of fused-ring (bicyclic) bond motifs is 1. The summed E-state index contributed by atoms with van der Waals surface area (Å²) in [5, 5.41) is 16.8. The number of aromatic amines is 1. The van der Waals surface area contributed by atoms with Crippen molar-refractivity contribution in [2.24, 2.45) is 0 Å². The molecule has 0 bridgehead atoms. The summed E-state index contributed by atoms with van der Waals surface area (Å²) >= 11 is 7.59. The fourth-order valence-electron chi connectivity index (χ4n) is 2.12. The maximum atomic E-state index is 12.6. The smallest absolute Gasteiger partial charge is 0.272 e. The third-order valence-electron chi connectivity index (χ3n) is 3.07. The van der Waals surface area contributed by atoms with E-state index in [1.54, 1.807) is 6.07 Å². The molecule has 0 aliphatic carbocycles. The summed E-state index contributed by atoms with van der Waals surface area (Å²) in [7, 11) is 1.54. The SMILES string of the molecule is COc1ccc2c(OC(C)C)c(C(=O)Nc3nn[nH]n3)sc2c1Cl. The number of anilines is 1. The van der Waals surface area contributed by atoms with Crippen molar-refractivity contribution in [3.8, 4) is 11.5 Å². The second kappa shape index (κ2) is 6.62. The standard InChI is InChI=1S/C14H14ClN5O3S/c1-6(2)23-10-7-4-5-8(22-3)9(15)11(7)24-12(10)13(21)16-14-17-19-20-18-14/h4-6H,1-3H3,(H2,16,17,18,19,20,21). The minimum Gasteiger partial charge on any atom is -0.495 e. The Morgan fingerprint density at radius 3 is 2.83 bits per heavy atom. The van der Waals surface area contributed by atoms with Crippen LogP contribution in [0, 0.1) is 0 Å². The van der Waals surface area contributed by atoms with Crippen molar-refractivity contribution in [3.05, 3.63) is 22.0 Å². The Balaban J connectivity index is 2.10. The minimum absolute atomic E-state index is 0.0802. The predicted octanol–water partition coefficient (Wildman–Crippen LogP) is 3.12. The van der Waals surface area contributed by atoms with Crippen LogP contribution < -0.4 is 14.8 Å². The molecule has 24 heavy (non-hydrogen) atoms. The number of halogens is 1. The van der Waals surface area contributed by atoms with Gasteiger partial charge in [0, 0.05) is 5.39 Å². The summed E-state index contributed by atoms with van der Waals surface area (Å²) in [5.74, 6) is 0.683. The van der Waals surface area contributed by atoms with E-state index in [2.05, 4.69) is 25.9 Å². The summed E-state index contributed by atoms with van der Waals surface area (Å²) in [5.41, 5.74) is 0. The topological polar surface area (TPSA) is 102 Å². The van der Waals surface area contributed by atoms with Gasteiger partial charge in [-0.15, -0.1) is 16.4 Å². The van der Waals surface area contributed by atoms with Gasteiger partial charge in [0.05, 0.1) is 17.9 Å². The van der Waals surface area contributed by atoms with Gasteiger partial charge < -0.3 is 9.47 Å². The predicted molar refractivity (Wildman–Crippen MR) is 91.3 cm³/mol. The first kappa shape index (κ1) is 16.5. The third kappa shape index (κ3) is 3.00. The molecular formula is C14H14ClN5O3S. The number of nitrogens with one attached hydrogen (secondary N) is 2. The molecule has 1 aromatic carbocycles. The van der Waals surface area contributed by atoms with Gasteiger partial charge in [0.2, 0.25) is 0 Å². The quantitative estimate of drug-likeness (QED) is 0.718. The van der Waals surface area contributed by atoms with E-state index in [0.717, 1.165) is 5.39 Å². The highest BCUT2D eigenvalue weighted by Crippen LogP contribution is 2.45. The zero-order valence-electron chi connectivity index (χ0n) is 13.1. The fourth-order valence-corrected chi connectivity index (χ4v) is 3.54. The lowest BCUT2D eigenvalue weighted by Gasteiger charge is -2.11. The van der Waals surface area contributed by atoms with E-state index in [9.17, 15) is 4.79 Å². The zero-order chi connectivity index (χ0) is 17.3. The van der Waals surface area contributed by atoms with Gasteiger partial charge >= 0.3 is 0 Å². The number of rotatable bonds is 5. The molecule has 0 radical (unpaired) electrons. The molecule has 2 aromatic heterocycles. The van der Waals surface area contributed by atoms with Crippen LogP contribution >= 0.6 is 22.9 Å². The van der Waals surface area contributed by atoms with Gasteiger partial charge in [-0.1, -0.05) is 16.7 Å². The van der Waals surface area contributed by atoms with Gasteiger partial charge in [0.1, 0.15) is 15.6 Å². The molecule has 2 N–H and O–H groups in total. The van der Waals surface area contributed by atoms with E-state index in [0.29, 0.717) is 26.1 Å². The average Bonchev–Trinajstić information content (AvgIpc) is 3.16. The Morgan fingerprint density at radius 2 is 2.21 bits per heavy atom. The Morgan fingerprint density at radius 1 is 1.42 bits per heavy atom. The Kier molecular flexibility index (Phi) is 4.54. The lowest BCUT2D eigenvalue weighted by Crippen LogP contribution is -2.14. The van der Waals surface area contributed by atoms with Crippen LogP contribution in [0.5, 0.6) is 11.5 Å². The first-order chi connectivity index (χ1) is 11.5. The monoisotopic (exact) mass is 367 g/mol. The number of aromatic nitrogens is 4. The molecule has 0 saturated carbocycles. The van der Waals surface area contributed by atoms with E-state index in [1.807, 2.05) is 19.9 Å². The summed E-state index contributed by atoms with van der Waals surface area (Å²) in [6.07, 6.45) is -0.111. The molecule has 0 fully saturated rings. The Labute approximate surface area is 146 Å². The minimum atomic E-state index is -0.400. The number of tetrazole rings is 1. The lowest BCUT2D eigenvalue weighted by atomic mass is 10.2. The summed E-state index contributed by atoms with van der Waals surface area (Å²) in [4.78, 5) is 12.9. The molecule has 3 aromatic rings. The van der Waals surface area contributed by atoms with E-state index in [1.165, 1.54) is 18.4 Å². The number of ether oxygens (including phenoxy) is 2. The van der Waals surface area contributed by atoms with Crippen molar-refractivity contribution in [1.82, 2.24) is 20.6 Å². The molecule has 2 heterocycles. The number of hydrogen-bond acceptors (Lipinski definition) is 7. The van der Waals surface area contributed by atoms with Crippen molar-refractivity contribution in [1.29, 1.82) is 0 Å². The number of carbonyl (C=O) groups is 1. The average molecular weight is 368 g/mol. The molecule has 0 aliphatic heterocycles. The van der Waals surface area contributed by atoms with Crippen molar-refractivity contribution >= 4 is 44.9 Å². The van der Waals surface area contributed by atoms with Gasteiger partial charge in [-0.3, -0.25) is 10.1 Å². The number of benzene rings is 1. The van der Waals surface area contributed by atoms with Crippen LogP contribution in [-0.4, -0.2) is 39.7 Å². The van der Waals surface area contributed by atoms with E-state index in [-0.39, 0.29) is 12.1 Å². The van der Waals surface area contributed by atoms with Crippen LogP contribution in [0.2, 0.25) is 5.02 Å². The van der Waals surface area contributed by atoms with Gasteiger partial charge in [-0.2, -0.15) is 5.21 Å². The van der Waals surface area contributed by atoms with Crippen LogP contribution in [0.4, 0.5) is 5.95 Å². The molecular weight excluding hydrogens is 354 g/mol. The maximum absolute atomic E-state index is 12.6. The van der Waals surface area contributed by atoms with Crippen molar-refractivity contribution in [2.45, 2.75) is 20.0 Å². The van der Waals surface area contributed by atoms with E-state index < -0.39 is 5.91 Å². The Hall–Kier alpha value is -2.39. The summed E-state index contributed by atoms with van der Waals surface area (Å²) in [6.45, 7) is 3.77. The number of H-pyrrole nitrogens is 1. The summed E-state index contributed by atoms with van der Waals surface area (Å²) in [6, 6.07) is 3.56. The fraction of sp³-hybridized carbons (Fsp3) is 0.286. The molecule has 126 valence electrons. The second-order valence-electron chi connectivity index (χ2n) is 5.07. The lowest BCUT2D eigenvalue weighted by molar-refractivity contribution is 0.102. The van der Waals surface area contributed by atoms with Crippen LogP contribution in [0.1, 0.15) is 23.5 Å². The second-order valence-corrected chi connectivity index (χ2v) is 6.47. The van der Waals surface area contributed by atoms with Crippen LogP contribution in [0.25, 0.3) is 10.1 Å². The Bertz CT molecular complexity index is 878. The first-order valence-electron chi connectivity index (χ1n) is 7.01. The van der Waals surface area contributed by atoms with Gasteiger partial charge in [0.15, 0.2) is 5.75 Å². The van der Waals surface area contributed by atoms with Crippen molar-refractivity contribution in [3.63, 3.8) is 0 Å². The molecule has 0 saturated heterocycles. The number of carbonyl (C=O) groups excluding carboxylic acids is 1. The summed E-state index contributed by atoms with van der Waals surface area (Å²) < 4.78 is 11.8. The highest BCUT2D eigenvalue weighted by atomic mass is 35.5. The van der Waals surface area contributed by atoms with Gasteiger partial charge in [-0.05, 0) is 31.2 Å². The molecule has 8 nitrogen and oxygen atoms in total. The van der Waals surface area contributed by atoms with E-state index in [4.69, 9.17) is 21.1 Å². The third-order valence-corrected chi connectivity index (χ3v) is 4.76. The molecule has 1 amide bonds. The maximum Gasteiger partial charge on any atom is 0.272 e. The highest BCUT2D eigenvalue weighted by molar-refractivity contribution is 7.22. The molecule has 0 atom stereocenters. The van der Waals surface area contributed by atoms with Crippen molar-refractivity contribution < 1.29 is 14.3 Å². The number of methoxy groups -OCH3 is 1. The number of nitrogens with zero attached hydrogens (tertiary/aromatic N) is 3. The van der Waals surface area contributed by atoms with Gasteiger partial charge in [0.25, 0.3) is 11.9 Å². The molecule has 0 aliphatic rings. The van der Waals surface area contributed by atoms with Crippen molar-refractivity contribution in [2.75, 3.05) is 12.4 Å². The first-order valence-corrected chi connectivity index (χ1v) is 8.21. The molecule has 0 unspecified atom stereocenters. The van der Waals surface area contributed by atoms with E-state index >= 15 is 0 Å². The highest BCUT2D eigenvalue weighted by Gasteiger charge is 2.24. The molecule has 0 spiro atoms. The van der Waals surface area contributed by atoms with Crippen LogP contribution in [0.3, 0.4) is 0 Å². The number of hydrogen-bond donors (Lipinski definition) is 2. The number of thiophene rings is 1. The van der Waals surface area contributed by atoms with Crippen LogP contribution in [-0.2, 0) is 0 Å².